The van der Waals surface area contributed by atoms with E-state index in [0.717, 1.165) is 18.3 Å². The molecular weight excluding hydrogens is 186 g/mol. The number of nitrogen functional groups attached to an aromatic ring is 1. The topological polar surface area (TPSA) is 50.9 Å². The quantitative estimate of drug-likeness (QED) is 0.794. The molecule has 0 aliphatic heterocycles. The lowest BCUT2D eigenvalue weighted by atomic mass is 9.92. The van der Waals surface area contributed by atoms with E-state index >= 15 is 0 Å². The third-order valence-electron chi connectivity index (χ3n) is 3.52. The van der Waals surface area contributed by atoms with Crippen LogP contribution in [-0.2, 0) is 0 Å². The normalized spacial score (nSPS) is 17.8. The molecule has 3 nitrogen and oxygen atoms in total. The number of hydrogen-bond donors (Lipinski definition) is 2. The molecule has 0 bridgehead atoms. The van der Waals surface area contributed by atoms with Gasteiger partial charge in [0.2, 0.25) is 0 Å². The Balaban J connectivity index is 1.91. The van der Waals surface area contributed by atoms with Crippen LogP contribution in [0.5, 0.6) is 0 Å². The average molecular weight is 205 g/mol. The second-order valence-corrected chi connectivity index (χ2v) is 4.85. The maximum absolute atomic E-state index is 5.58. The summed E-state index contributed by atoms with van der Waals surface area (Å²) in [6, 6.07) is 3.82. The molecule has 1 heterocycles. The van der Waals surface area contributed by atoms with Crippen LogP contribution in [0.15, 0.2) is 18.3 Å². The molecule has 0 saturated heterocycles. The van der Waals surface area contributed by atoms with Gasteiger partial charge in [-0.3, -0.25) is 0 Å². The van der Waals surface area contributed by atoms with Crippen molar-refractivity contribution in [1.82, 2.24) is 4.98 Å². The van der Waals surface area contributed by atoms with Crippen molar-refractivity contribution in [3.05, 3.63) is 18.3 Å². The highest BCUT2D eigenvalue weighted by Gasteiger charge is 2.44. The Morgan fingerprint density at radius 3 is 2.67 bits per heavy atom. The zero-order chi connectivity index (χ0) is 10.9. The van der Waals surface area contributed by atoms with Gasteiger partial charge in [-0.05, 0) is 36.3 Å². The third-order valence-corrected chi connectivity index (χ3v) is 3.52. The minimum Gasteiger partial charge on any atom is -0.397 e. The van der Waals surface area contributed by atoms with E-state index in [-0.39, 0.29) is 0 Å². The van der Waals surface area contributed by atoms with Crippen molar-refractivity contribution in [2.45, 2.75) is 26.7 Å². The molecule has 1 aliphatic rings. The number of nitrogens with two attached hydrogens (primary N) is 1. The summed E-state index contributed by atoms with van der Waals surface area (Å²) in [7, 11) is 0. The summed E-state index contributed by atoms with van der Waals surface area (Å²) < 4.78 is 0. The zero-order valence-corrected chi connectivity index (χ0v) is 9.46. The van der Waals surface area contributed by atoms with E-state index in [0.29, 0.717) is 11.1 Å². The number of hydrogen-bond acceptors (Lipinski definition) is 3. The second kappa shape index (κ2) is 3.72. The Morgan fingerprint density at radius 2 is 2.20 bits per heavy atom. The fourth-order valence-electron chi connectivity index (χ4n) is 1.90. The summed E-state index contributed by atoms with van der Waals surface area (Å²) in [5, 5.41) is 3.39. The van der Waals surface area contributed by atoms with Gasteiger partial charge in [0.05, 0.1) is 11.9 Å². The first kappa shape index (κ1) is 10.3. The molecule has 1 aliphatic carbocycles. The highest BCUT2D eigenvalue weighted by molar-refractivity contribution is 5.43. The van der Waals surface area contributed by atoms with Crippen LogP contribution >= 0.6 is 0 Å². The van der Waals surface area contributed by atoms with Crippen LogP contribution in [0, 0.1) is 11.3 Å². The Morgan fingerprint density at radius 1 is 1.47 bits per heavy atom. The van der Waals surface area contributed by atoms with Crippen LogP contribution in [0.1, 0.15) is 26.7 Å². The largest absolute Gasteiger partial charge is 0.397 e. The van der Waals surface area contributed by atoms with Crippen LogP contribution in [0.2, 0.25) is 0 Å². The molecule has 2 rings (SSSR count). The Kier molecular flexibility index (Phi) is 2.55. The van der Waals surface area contributed by atoms with Gasteiger partial charge in [-0.25, -0.2) is 4.98 Å². The van der Waals surface area contributed by atoms with Crippen LogP contribution in [0.25, 0.3) is 0 Å². The molecular formula is C12H19N3. The molecule has 15 heavy (non-hydrogen) atoms. The van der Waals surface area contributed by atoms with Gasteiger partial charge in [0.25, 0.3) is 0 Å². The lowest BCUT2D eigenvalue weighted by molar-refractivity contribution is 0.380. The zero-order valence-electron chi connectivity index (χ0n) is 9.46. The predicted molar refractivity (Wildman–Crippen MR) is 63.6 cm³/mol. The van der Waals surface area contributed by atoms with Crippen molar-refractivity contribution in [2.24, 2.45) is 11.3 Å². The summed E-state index contributed by atoms with van der Waals surface area (Å²) in [6.45, 7) is 5.62. The van der Waals surface area contributed by atoms with Crippen LogP contribution in [0.4, 0.5) is 11.5 Å². The number of nitrogens with zero attached hydrogens (tertiary/aromatic N) is 1. The molecule has 1 saturated carbocycles. The smallest absolute Gasteiger partial charge is 0.126 e. The monoisotopic (exact) mass is 205 g/mol. The van der Waals surface area contributed by atoms with Crippen LogP contribution in [-0.4, -0.2) is 11.5 Å². The minimum absolute atomic E-state index is 0.517. The first-order valence-corrected chi connectivity index (χ1v) is 5.58. The van der Waals surface area contributed by atoms with Crippen molar-refractivity contribution < 1.29 is 0 Å². The van der Waals surface area contributed by atoms with E-state index < -0.39 is 0 Å². The number of anilines is 2. The molecule has 0 spiro atoms. The van der Waals surface area contributed by atoms with Crippen molar-refractivity contribution in [3.8, 4) is 0 Å². The van der Waals surface area contributed by atoms with Crippen molar-refractivity contribution in [2.75, 3.05) is 17.6 Å². The van der Waals surface area contributed by atoms with E-state index in [9.17, 15) is 0 Å². The lowest BCUT2D eigenvalue weighted by Crippen LogP contribution is -2.21. The first-order valence-electron chi connectivity index (χ1n) is 5.58. The van der Waals surface area contributed by atoms with E-state index in [4.69, 9.17) is 5.73 Å². The van der Waals surface area contributed by atoms with E-state index in [1.54, 1.807) is 6.20 Å². The molecule has 3 N–H and O–H groups in total. The molecule has 0 unspecified atom stereocenters. The maximum Gasteiger partial charge on any atom is 0.126 e. The third kappa shape index (κ3) is 2.22. The molecule has 82 valence electrons. The highest BCUT2D eigenvalue weighted by atomic mass is 15.0. The molecule has 3 heteroatoms. The molecule has 0 amide bonds. The van der Waals surface area contributed by atoms with Gasteiger partial charge >= 0.3 is 0 Å². The van der Waals surface area contributed by atoms with Gasteiger partial charge in [0.1, 0.15) is 5.82 Å². The molecule has 0 aromatic carbocycles. The molecule has 1 fully saturated rings. The molecule has 0 atom stereocenters. The van der Waals surface area contributed by atoms with E-state index in [1.165, 1.54) is 12.8 Å². The maximum atomic E-state index is 5.58. The van der Waals surface area contributed by atoms with Crippen LogP contribution < -0.4 is 11.1 Å². The van der Waals surface area contributed by atoms with Gasteiger partial charge in [-0.1, -0.05) is 13.8 Å². The number of aromatic nitrogens is 1. The minimum atomic E-state index is 0.517. The Labute approximate surface area is 91.1 Å². The second-order valence-electron chi connectivity index (χ2n) is 4.85. The average Bonchev–Trinajstić information content (AvgIpc) is 2.98. The van der Waals surface area contributed by atoms with Crippen molar-refractivity contribution in [3.63, 3.8) is 0 Å². The summed E-state index contributed by atoms with van der Waals surface area (Å²) in [4.78, 5) is 4.23. The summed E-state index contributed by atoms with van der Waals surface area (Å²) in [6.07, 6.45) is 4.37. The molecule has 1 aromatic heterocycles. The van der Waals surface area contributed by atoms with Crippen molar-refractivity contribution >= 4 is 11.5 Å². The van der Waals surface area contributed by atoms with Gasteiger partial charge in [-0.15, -0.1) is 0 Å². The Bertz CT molecular complexity index is 325. The number of pyridine rings is 1. The molecule has 0 radical (unpaired) electrons. The fraction of sp³-hybridized carbons (Fsp3) is 0.583. The van der Waals surface area contributed by atoms with Crippen LogP contribution in [0.3, 0.4) is 0 Å². The first-order chi connectivity index (χ1) is 7.12. The van der Waals surface area contributed by atoms with Gasteiger partial charge in [-0.2, -0.15) is 0 Å². The van der Waals surface area contributed by atoms with Gasteiger partial charge < -0.3 is 11.1 Å². The van der Waals surface area contributed by atoms with Gasteiger partial charge in [0.15, 0.2) is 0 Å². The molecule has 1 aromatic rings. The summed E-state index contributed by atoms with van der Waals surface area (Å²) in [5.74, 6) is 1.68. The standard InChI is InChI=1S/C12H19N3/c1-9(2)12(5-6-12)8-15-11-4-3-10(13)7-14-11/h3-4,7,9H,5-6,8,13H2,1-2H3,(H,14,15). The predicted octanol–water partition coefficient (Wildman–Crippen LogP) is 2.51. The lowest BCUT2D eigenvalue weighted by Gasteiger charge is -2.20. The summed E-state index contributed by atoms with van der Waals surface area (Å²) >= 11 is 0. The highest BCUT2D eigenvalue weighted by Crippen LogP contribution is 2.51. The SMILES string of the molecule is CC(C)C1(CNc2ccc(N)cn2)CC1. The van der Waals surface area contributed by atoms with E-state index in [1.807, 2.05) is 12.1 Å². The van der Waals surface area contributed by atoms with Crippen molar-refractivity contribution in [1.29, 1.82) is 0 Å². The summed E-state index contributed by atoms with van der Waals surface area (Å²) in [5.41, 5.74) is 6.81. The Hall–Kier alpha value is -1.25. The number of nitrogens with one attached hydrogen (secondary N) is 1. The number of rotatable bonds is 4. The fourth-order valence-corrected chi connectivity index (χ4v) is 1.90. The van der Waals surface area contributed by atoms with E-state index in [2.05, 4.69) is 24.1 Å². The van der Waals surface area contributed by atoms with Gasteiger partial charge in [0, 0.05) is 6.54 Å².